The van der Waals surface area contributed by atoms with Crippen molar-refractivity contribution in [2.45, 2.75) is 45.2 Å². The minimum Gasteiger partial charge on any atom is -0.497 e. The average Bonchev–Trinajstić information content (AvgIpc) is 2.99. The van der Waals surface area contributed by atoms with E-state index in [-0.39, 0.29) is 18.5 Å². The highest BCUT2D eigenvalue weighted by atomic mass is 32.1. The maximum Gasteiger partial charge on any atom is 0.243 e. The van der Waals surface area contributed by atoms with Crippen LogP contribution in [0, 0.1) is 11.7 Å². The summed E-state index contributed by atoms with van der Waals surface area (Å²) in [5.74, 6) is 1.58. The number of nitrogens with zero attached hydrogens (tertiary/aromatic N) is 3. The third-order valence-corrected chi connectivity index (χ3v) is 6.21. The maximum atomic E-state index is 13.5. The summed E-state index contributed by atoms with van der Waals surface area (Å²) in [4.78, 5) is 15.5. The van der Waals surface area contributed by atoms with Gasteiger partial charge in [0.2, 0.25) is 5.91 Å². The molecule has 1 amide bonds. The normalized spacial score (nSPS) is 16.7. The summed E-state index contributed by atoms with van der Waals surface area (Å²) in [6, 6.07) is 16.2. The Hall–Kier alpha value is -2.93. The summed E-state index contributed by atoms with van der Waals surface area (Å²) in [5.41, 5.74) is 3.23. The number of amides is 1. The monoisotopic (exact) mass is 436 g/mol. The lowest BCUT2D eigenvalue weighted by Gasteiger charge is -2.31. The van der Waals surface area contributed by atoms with Gasteiger partial charge in [0.1, 0.15) is 12.3 Å². The Morgan fingerprint density at radius 1 is 1.19 bits per heavy atom. The van der Waals surface area contributed by atoms with Crippen LogP contribution in [-0.2, 0) is 11.3 Å². The number of aryl methyl sites for hydroxylation is 1. The molecule has 2 heterocycles. The summed E-state index contributed by atoms with van der Waals surface area (Å²) in [6.45, 7) is 2.96. The molecule has 1 atom stereocenters. The fourth-order valence-electron chi connectivity index (χ4n) is 4.27. The number of aromatic amines is 1. The number of benzene rings is 2. The molecule has 3 aromatic rings. The van der Waals surface area contributed by atoms with Crippen LogP contribution in [0.2, 0.25) is 0 Å². The van der Waals surface area contributed by atoms with Crippen molar-refractivity contribution in [3.63, 3.8) is 0 Å². The zero-order valence-corrected chi connectivity index (χ0v) is 18.8. The van der Waals surface area contributed by atoms with Crippen LogP contribution in [0.15, 0.2) is 48.5 Å². The summed E-state index contributed by atoms with van der Waals surface area (Å²) < 4.78 is 7.56. The molecule has 1 aliphatic heterocycles. The second-order valence-electron chi connectivity index (χ2n) is 8.03. The van der Waals surface area contributed by atoms with Gasteiger partial charge in [-0.1, -0.05) is 48.7 Å². The Morgan fingerprint density at radius 2 is 2.00 bits per heavy atom. The van der Waals surface area contributed by atoms with Gasteiger partial charge < -0.3 is 9.64 Å². The first kappa shape index (κ1) is 21.3. The molecule has 31 heavy (non-hydrogen) atoms. The topological polar surface area (TPSA) is 63.1 Å². The van der Waals surface area contributed by atoms with Crippen molar-refractivity contribution in [1.82, 2.24) is 19.7 Å². The molecule has 0 aliphatic carbocycles. The van der Waals surface area contributed by atoms with Gasteiger partial charge in [-0.15, -0.1) is 0 Å². The van der Waals surface area contributed by atoms with Crippen molar-refractivity contribution in [1.29, 1.82) is 0 Å². The van der Waals surface area contributed by atoms with Crippen LogP contribution in [0.1, 0.15) is 42.9 Å². The zero-order chi connectivity index (χ0) is 21.8. The lowest BCUT2D eigenvalue weighted by atomic mass is 10.0. The van der Waals surface area contributed by atoms with Gasteiger partial charge >= 0.3 is 0 Å². The van der Waals surface area contributed by atoms with Crippen molar-refractivity contribution in [3.05, 3.63) is 64.4 Å². The SMILES string of the molecule is COc1ccc([C@@H]2CCCCCN2C(=O)Cn2c(-c3cccc(C)c3)n[nH]c2=S)cc1. The number of nitrogens with one attached hydrogen (secondary N) is 1. The maximum absolute atomic E-state index is 13.5. The molecular formula is C24H28N4O2S. The van der Waals surface area contributed by atoms with Crippen LogP contribution < -0.4 is 4.74 Å². The van der Waals surface area contributed by atoms with E-state index in [1.807, 2.05) is 46.7 Å². The minimum absolute atomic E-state index is 0.0596. The highest BCUT2D eigenvalue weighted by Gasteiger charge is 2.27. The number of carbonyl (C=O) groups excluding carboxylic acids is 1. The second-order valence-corrected chi connectivity index (χ2v) is 8.42. The van der Waals surface area contributed by atoms with E-state index < -0.39 is 0 Å². The number of carbonyl (C=O) groups is 1. The fourth-order valence-corrected chi connectivity index (χ4v) is 4.47. The molecule has 0 radical (unpaired) electrons. The number of ether oxygens (including phenoxy) is 1. The van der Waals surface area contributed by atoms with Gasteiger partial charge in [-0.05, 0) is 55.7 Å². The van der Waals surface area contributed by atoms with Gasteiger partial charge in [-0.2, -0.15) is 5.10 Å². The van der Waals surface area contributed by atoms with E-state index in [0.29, 0.717) is 10.6 Å². The van der Waals surface area contributed by atoms with E-state index >= 15 is 0 Å². The van der Waals surface area contributed by atoms with E-state index in [4.69, 9.17) is 17.0 Å². The minimum atomic E-state index is 0.0596. The molecule has 7 heteroatoms. The van der Waals surface area contributed by atoms with Gasteiger partial charge in [-0.3, -0.25) is 14.5 Å². The van der Waals surface area contributed by atoms with E-state index in [1.165, 1.54) is 0 Å². The quantitative estimate of drug-likeness (QED) is 0.567. The van der Waals surface area contributed by atoms with Gasteiger partial charge in [0.05, 0.1) is 13.2 Å². The molecule has 0 bridgehead atoms. The Labute approximate surface area is 187 Å². The van der Waals surface area contributed by atoms with Crippen LogP contribution in [0.25, 0.3) is 11.4 Å². The molecule has 0 saturated carbocycles. The third-order valence-electron chi connectivity index (χ3n) is 5.90. The molecule has 1 saturated heterocycles. The molecule has 6 nitrogen and oxygen atoms in total. The highest BCUT2D eigenvalue weighted by molar-refractivity contribution is 7.71. The van der Waals surface area contributed by atoms with Crippen molar-refractivity contribution in [3.8, 4) is 17.1 Å². The number of aromatic nitrogens is 3. The van der Waals surface area contributed by atoms with Crippen molar-refractivity contribution < 1.29 is 9.53 Å². The van der Waals surface area contributed by atoms with Crippen LogP contribution in [0.5, 0.6) is 5.75 Å². The molecule has 1 fully saturated rings. The van der Waals surface area contributed by atoms with Crippen molar-refractivity contribution >= 4 is 18.1 Å². The number of hydrogen-bond donors (Lipinski definition) is 1. The Bertz CT molecular complexity index is 1100. The van der Waals surface area contributed by atoms with Crippen LogP contribution in [0.3, 0.4) is 0 Å². The lowest BCUT2D eigenvalue weighted by Crippen LogP contribution is -2.37. The molecule has 2 aromatic carbocycles. The number of rotatable bonds is 5. The number of hydrogen-bond acceptors (Lipinski definition) is 4. The Balaban J connectivity index is 1.62. The van der Waals surface area contributed by atoms with Gasteiger partial charge in [0.15, 0.2) is 10.6 Å². The number of methoxy groups -OCH3 is 1. The van der Waals surface area contributed by atoms with Crippen molar-refractivity contribution in [2.24, 2.45) is 0 Å². The zero-order valence-electron chi connectivity index (χ0n) is 18.0. The smallest absolute Gasteiger partial charge is 0.243 e. The molecule has 4 rings (SSSR count). The highest BCUT2D eigenvalue weighted by Crippen LogP contribution is 2.31. The average molecular weight is 437 g/mol. The van der Waals surface area contributed by atoms with Crippen LogP contribution in [0.4, 0.5) is 0 Å². The summed E-state index contributed by atoms with van der Waals surface area (Å²) >= 11 is 5.46. The van der Waals surface area contributed by atoms with Gasteiger partial charge in [-0.25, -0.2) is 0 Å². The van der Waals surface area contributed by atoms with Gasteiger partial charge in [0, 0.05) is 12.1 Å². The fraction of sp³-hybridized carbons (Fsp3) is 0.375. The molecular weight excluding hydrogens is 408 g/mol. The molecule has 1 aliphatic rings. The summed E-state index contributed by atoms with van der Waals surface area (Å²) in [7, 11) is 1.66. The first-order valence-electron chi connectivity index (χ1n) is 10.7. The first-order chi connectivity index (χ1) is 15.1. The van der Waals surface area contributed by atoms with E-state index in [2.05, 4.69) is 28.4 Å². The van der Waals surface area contributed by atoms with Crippen molar-refractivity contribution in [2.75, 3.05) is 13.7 Å². The van der Waals surface area contributed by atoms with Crippen LogP contribution >= 0.6 is 12.2 Å². The molecule has 162 valence electrons. The Kier molecular flexibility index (Phi) is 6.51. The van der Waals surface area contributed by atoms with Gasteiger partial charge in [0.25, 0.3) is 0 Å². The van der Waals surface area contributed by atoms with E-state index in [0.717, 1.165) is 54.7 Å². The standard InChI is InChI=1S/C24H28N4O2S/c1-17-7-6-8-19(15-17)23-25-26-24(31)28(23)16-22(29)27-14-5-3-4-9-21(27)18-10-12-20(30-2)13-11-18/h6-8,10-13,15,21H,3-5,9,14,16H2,1-2H3,(H,26,31)/t21-/m0/s1. The number of likely N-dealkylation sites (tertiary alicyclic amines) is 1. The predicted molar refractivity (Wildman–Crippen MR) is 124 cm³/mol. The Morgan fingerprint density at radius 3 is 2.74 bits per heavy atom. The second kappa shape index (κ2) is 9.47. The first-order valence-corrected chi connectivity index (χ1v) is 11.1. The lowest BCUT2D eigenvalue weighted by molar-refractivity contribution is -0.134. The summed E-state index contributed by atoms with van der Waals surface area (Å²) in [5, 5.41) is 7.26. The third kappa shape index (κ3) is 4.71. The molecule has 0 unspecified atom stereocenters. The molecule has 1 N–H and O–H groups in total. The summed E-state index contributed by atoms with van der Waals surface area (Å²) in [6.07, 6.45) is 4.22. The number of H-pyrrole nitrogens is 1. The predicted octanol–water partition coefficient (Wildman–Crippen LogP) is 5.07. The molecule has 0 spiro atoms. The molecule has 1 aromatic heterocycles. The van der Waals surface area contributed by atoms with Crippen LogP contribution in [-0.4, -0.2) is 39.2 Å². The van der Waals surface area contributed by atoms with E-state index in [9.17, 15) is 4.79 Å². The van der Waals surface area contributed by atoms with E-state index in [1.54, 1.807) is 7.11 Å². The largest absolute Gasteiger partial charge is 0.497 e.